The Hall–Kier alpha value is -2.14. The monoisotopic (exact) mass is 345 g/mol. The molecule has 1 aromatic carbocycles. The average Bonchev–Trinajstić information content (AvgIpc) is 2.58. The lowest BCUT2D eigenvalue weighted by atomic mass is 10.0. The summed E-state index contributed by atoms with van der Waals surface area (Å²) in [6.07, 6.45) is 5.81. The second-order valence-corrected chi connectivity index (χ2v) is 6.01. The van der Waals surface area contributed by atoms with Crippen molar-refractivity contribution < 1.29 is 13.8 Å². The molecule has 2 aromatic rings. The molecule has 0 aliphatic carbocycles. The number of hydrogen-bond donors (Lipinski definition) is 1. The Labute approximate surface area is 147 Å². The van der Waals surface area contributed by atoms with Gasteiger partial charge in [-0.2, -0.15) is 4.57 Å². The fraction of sp³-hybridized carbons (Fsp3) is 0.316. The number of nitrogens with one attached hydrogen (secondary N) is 1. The molecule has 5 heteroatoms. The molecule has 1 heterocycles. The van der Waals surface area contributed by atoms with Gasteiger partial charge in [-0.15, -0.1) is 0 Å². The van der Waals surface area contributed by atoms with E-state index in [0.717, 1.165) is 12.8 Å². The van der Waals surface area contributed by atoms with Crippen LogP contribution in [0.25, 0.3) is 0 Å². The van der Waals surface area contributed by atoms with E-state index in [1.54, 1.807) is 4.57 Å². The minimum absolute atomic E-state index is 0.158. The third-order valence-electron chi connectivity index (χ3n) is 3.73. The van der Waals surface area contributed by atoms with Crippen LogP contribution in [0.3, 0.4) is 0 Å². The highest BCUT2D eigenvalue weighted by Gasteiger charge is 2.32. The van der Waals surface area contributed by atoms with Crippen molar-refractivity contribution in [1.82, 2.24) is 5.32 Å². The fourth-order valence-corrected chi connectivity index (χ4v) is 2.90. The number of nitrogens with zero attached hydrogens (tertiary/aromatic N) is 1. The lowest BCUT2D eigenvalue weighted by Crippen LogP contribution is -2.51. The van der Waals surface area contributed by atoms with Gasteiger partial charge in [0.2, 0.25) is 5.78 Å². The van der Waals surface area contributed by atoms with Crippen molar-refractivity contribution in [2.45, 2.75) is 32.7 Å². The summed E-state index contributed by atoms with van der Waals surface area (Å²) in [7, 11) is 0. The first-order valence-electron chi connectivity index (χ1n) is 8.14. The van der Waals surface area contributed by atoms with Crippen LogP contribution in [0.15, 0.2) is 48.8 Å². The standard InChI is InChI=1S/C19H21FN2OS/c1-3-5-14-10-12-22(13-11-14)17(19(24)21-4-2)18(23)15-6-8-16(20)9-7-15/h6-13,17H,3-5H2,1-2H3/p+1/t17-/m1/s1. The Bertz CT molecular complexity index is 698. The Balaban J connectivity index is 2.35. The van der Waals surface area contributed by atoms with Crippen molar-refractivity contribution in [2.24, 2.45) is 0 Å². The molecule has 1 N–H and O–H groups in total. The third kappa shape index (κ3) is 4.45. The summed E-state index contributed by atoms with van der Waals surface area (Å²) in [6, 6.07) is 8.93. The first-order chi connectivity index (χ1) is 11.6. The first kappa shape index (κ1) is 18.2. The number of aryl methyl sites for hydroxylation is 1. The summed E-state index contributed by atoms with van der Waals surface area (Å²) >= 11 is 5.42. The first-order valence-corrected chi connectivity index (χ1v) is 8.54. The van der Waals surface area contributed by atoms with Gasteiger partial charge in [0.15, 0.2) is 17.4 Å². The molecule has 0 radical (unpaired) electrons. The highest BCUT2D eigenvalue weighted by molar-refractivity contribution is 7.80. The number of aromatic nitrogens is 1. The van der Waals surface area contributed by atoms with Crippen molar-refractivity contribution in [3.63, 3.8) is 0 Å². The molecule has 2 rings (SSSR count). The number of halogens is 1. The molecule has 0 saturated heterocycles. The summed E-state index contributed by atoms with van der Waals surface area (Å²) < 4.78 is 14.9. The molecule has 126 valence electrons. The van der Waals surface area contributed by atoms with Crippen LogP contribution in [0.5, 0.6) is 0 Å². The van der Waals surface area contributed by atoms with Gasteiger partial charge in [0.05, 0.1) is 0 Å². The van der Waals surface area contributed by atoms with E-state index in [4.69, 9.17) is 12.2 Å². The molecule has 0 aliphatic heterocycles. The van der Waals surface area contributed by atoms with Gasteiger partial charge in [0.1, 0.15) is 5.82 Å². The molecule has 0 spiro atoms. The predicted molar refractivity (Wildman–Crippen MR) is 96.7 cm³/mol. The molecule has 0 aliphatic rings. The minimum atomic E-state index is -0.638. The smallest absolute Gasteiger partial charge is 0.270 e. The van der Waals surface area contributed by atoms with Crippen LogP contribution in [-0.4, -0.2) is 17.3 Å². The molecule has 0 amide bonds. The van der Waals surface area contributed by atoms with Crippen LogP contribution >= 0.6 is 12.2 Å². The van der Waals surface area contributed by atoms with E-state index in [-0.39, 0.29) is 11.6 Å². The summed E-state index contributed by atoms with van der Waals surface area (Å²) in [6.45, 7) is 4.70. The van der Waals surface area contributed by atoms with Crippen molar-refractivity contribution in [3.05, 3.63) is 65.7 Å². The molecule has 0 unspecified atom stereocenters. The molecule has 0 fully saturated rings. The Morgan fingerprint density at radius 3 is 2.33 bits per heavy atom. The van der Waals surface area contributed by atoms with E-state index < -0.39 is 6.04 Å². The van der Waals surface area contributed by atoms with Crippen molar-refractivity contribution >= 4 is 23.0 Å². The van der Waals surface area contributed by atoms with Crippen LogP contribution < -0.4 is 9.88 Å². The summed E-state index contributed by atoms with van der Waals surface area (Å²) in [5.74, 6) is -0.525. The van der Waals surface area contributed by atoms with Crippen LogP contribution in [0.2, 0.25) is 0 Å². The number of hydrogen-bond acceptors (Lipinski definition) is 2. The summed E-state index contributed by atoms with van der Waals surface area (Å²) in [5.41, 5.74) is 1.66. The van der Waals surface area contributed by atoms with E-state index in [0.29, 0.717) is 17.1 Å². The highest BCUT2D eigenvalue weighted by atomic mass is 32.1. The maximum Gasteiger partial charge on any atom is 0.270 e. The van der Waals surface area contributed by atoms with Gasteiger partial charge in [0.25, 0.3) is 6.04 Å². The highest BCUT2D eigenvalue weighted by Crippen LogP contribution is 2.12. The van der Waals surface area contributed by atoms with E-state index in [1.165, 1.54) is 29.8 Å². The zero-order chi connectivity index (χ0) is 17.5. The number of pyridine rings is 1. The van der Waals surface area contributed by atoms with E-state index in [1.807, 2.05) is 31.5 Å². The second-order valence-electron chi connectivity index (χ2n) is 5.57. The van der Waals surface area contributed by atoms with Crippen molar-refractivity contribution in [3.8, 4) is 0 Å². The van der Waals surface area contributed by atoms with Crippen LogP contribution in [0.1, 0.15) is 42.2 Å². The quantitative estimate of drug-likeness (QED) is 0.474. The maximum atomic E-state index is 13.1. The SMILES string of the molecule is CCCc1cc[n+]([C@H](C(=O)c2ccc(F)cc2)C(=S)NCC)cc1. The molecule has 0 bridgehead atoms. The number of Topliss-reactive ketones (excluding diaryl/α,β-unsaturated/α-hetero) is 1. The number of ketones is 1. The van der Waals surface area contributed by atoms with Gasteiger partial charge in [-0.3, -0.25) is 4.79 Å². The van der Waals surface area contributed by atoms with Gasteiger partial charge in [-0.1, -0.05) is 25.6 Å². The average molecular weight is 345 g/mol. The van der Waals surface area contributed by atoms with Gasteiger partial charge >= 0.3 is 0 Å². The lowest BCUT2D eigenvalue weighted by Gasteiger charge is -2.14. The van der Waals surface area contributed by atoms with Gasteiger partial charge in [0, 0.05) is 24.2 Å². The zero-order valence-electron chi connectivity index (χ0n) is 14.0. The maximum absolute atomic E-state index is 13.1. The Kier molecular flexibility index (Phi) is 6.55. The molecular formula is C19H22FN2OS+. The van der Waals surface area contributed by atoms with Gasteiger partial charge in [-0.05, 0) is 43.2 Å². The lowest BCUT2D eigenvalue weighted by molar-refractivity contribution is -0.692. The number of carbonyl (C=O) groups is 1. The second kappa shape index (κ2) is 8.64. The predicted octanol–water partition coefficient (Wildman–Crippen LogP) is 3.43. The zero-order valence-corrected chi connectivity index (χ0v) is 14.8. The van der Waals surface area contributed by atoms with Crippen LogP contribution in [0.4, 0.5) is 4.39 Å². The molecule has 24 heavy (non-hydrogen) atoms. The summed E-state index contributed by atoms with van der Waals surface area (Å²) in [5, 5.41) is 3.06. The Morgan fingerprint density at radius 2 is 1.79 bits per heavy atom. The molecule has 0 saturated carbocycles. The normalized spacial score (nSPS) is 11.8. The number of carbonyl (C=O) groups excluding carboxylic acids is 1. The minimum Gasteiger partial charge on any atom is -0.374 e. The van der Waals surface area contributed by atoms with Crippen LogP contribution in [-0.2, 0) is 6.42 Å². The summed E-state index contributed by atoms with van der Waals surface area (Å²) in [4.78, 5) is 13.4. The number of likely N-dealkylation sites (N-methyl/N-ethyl adjacent to an activating group) is 1. The molecule has 3 nitrogen and oxygen atoms in total. The topological polar surface area (TPSA) is 33.0 Å². The van der Waals surface area contributed by atoms with E-state index in [9.17, 15) is 9.18 Å². The number of rotatable bonds is 7. The third-order valence-corrected chi connectivity index (χ3v) is 4.10. The van der Waals surface area contributed by atoms with Crippen molar-refractivity contribution in [1.29, 1.82) is 0 Å². The Morgan fingerprint density at radius 1 is 1.17 bits per heavy atom. The molecule has 1 atom stereocenters. The van der Waals surface area contributed by atoms with E-state index in [2.05, 4.69) is 12.2 Å². The largest absolute Gasteiger partial charge is 0.374 e. The molecule has 1 aromatic heterocycles. The van der Waals surface area contributed by atoms with Gasteiger partial charge in [-0.25, -0.2) is 4.39 Å². The fourth-order valence-electron chi connectivity index (χ4n) is 2.53. The van der Waals surface area contributed by atoms with Crippen LogP contribution in [0, 0.1) is 5.82 Å². The van der Waals surface area contributed by atoms with E-state index >= 15 is 0 Å². The van der Waals surface area contributed by atoms with Gasteiger partial charge < -0.3 is 5.32 Å². The number of thiocarbonyl (C=S) groups is 1. The number of benzene rings is 1. The molecular weight excluding hydrogens is 323 g/mol. The van der Waals surface area contributed by atoms with Crippen molar-refractivity contribution in [2.75, 3.05) is 6.54 Å².